The molecule has 3 heterocycles. The molecule has 0 radical (unpaired) electrons. The number of carbonyl (C=O) groups excluding carboxylic acids is 2. The lowest BCUT2D eigenvalue weighted by Gasteiger charge is -2.23. The third kappa shape index (κ3) is 6.39. The summed E-state index contributed by atoms with van der Waals surface area (Å²) in [6, 6.07) is 30.6. The minimum absolute atomic E-state index is 0.0121. The van der Waals surface area contributed by atoms with E-state index in [4.69, 9.17) is 4.74 Å². The summed E-state index contributed by atoms with van der Waals surface area (Å²) in [7, 11) is 0. The van der Waals surface area contributed by atoms with Gasteiger partial charge in [-0.2, -0.15) is 0 Å². The first kappa shape index (κ1) is 31.1. The topological polar surface area (TPSA) is 151 Å². The number of ether oxygens (including phenoxy) is 1. The number of nitrogens with zero attached hydrogens (tertiary/aromatic N) is 4. The van der Waals surface area contributed by atoms with Crippen molar-refractivity contribution >= 4 is 39.4 Å². The molecule has 0 spiro atoms. The van der Waals surface area contributed by atoms with E-state index in [1.807, 2.05) is 54.6 Å². The standard InChI is InChI=1S/C37H34N6O5/c44-20-30-34(47)32(42-31(46)17-16-29(45)27-14-12-26(13-15-27)24-6-2-1-3-7-24)37(48-30)43-22-41-33-35(39-21-40-36(33)43)38-19-23-10-11-25-8-4-5-9-28(25)18-23/h1-15,18,21-22,30,32,34,37,44,47H,16-17,19-20H2,(H,42,46)(H,38,39,40)/t30-,32-,34-,37-/m1/s1. The number of anilines is 1. The fourth-order valence-corrected chi connectivity index (χ4v) is 6.10. The molecule has 4 aromatic carbocycles. The van der Waals surface area contributed by atoms with Crippen LogP contribution in [-0.2, 0) is 16.1 Å². The molecule has 1 fully saturated rings. The molecule has 0 saturated carbocycles. The van der Waals surface area contributed by atoms with Gasteiger partial charge in [0.2, 0.25) is 5.91 Å². The average molecular weight is 643 g/mol. The molecular weight excluding hydrogens is 608 g/mol. The number of nitrogens with one attached hydrogen (secondary N) is 2. The van der Waals surface area contributed by atoms with Crippen LogP contribution in [0.25, 0.3) is 33.1 Å². The highest BCUT2D eigenvalue weighted by Crippen LogP contribution is 2.33. The smallest absolute Gasteiger partial charge is 0.220 e. The van der Waals surface area contributed by atoms with E-state index in [0.29, 0.717) is 29.1 Å². The maximum absolute atomic E-state index is 13.1. The lowest BCUT2D eigenvalue weighted by molar-refractivity contribution is -0.123. The number of Topliss-reactive ketones (excluding diaryl/α,β-unsaturated/α-hetero) is 1. The molecule has 0 unspecified atom stereocenters. The predicted octanol–water partition coefficient (Wildman–Crippen LogP) is 4.66. The maximum Gasteiger partial charge on any atom is 0.220 e. The van der Waals surface area contributed by atoms with E-state index in [0.717, 1.165) is 27.5 Å². The Kier molecular flexibility index (Phi) is 8.89. The first-order valence-corrected chi connectivity index (χ1v) is 15.8. The van der Waals surface area contributed by atoms with E-state index in [-0.39, 0.29) is 18.6 Å². The summed E-state index contributed by atoms with van der Waals surface area (Å²) >= 11 is 0. The highest BCUT2D eigenvalue weighted by molar-refractivity contribution is 5.98. The number of hydrogen-bond donors (Lipinski definition) is 4. The zero-order chi connectivity index (χ0) is 33.0. The number of hydrogen-bond acceptors (Lipinski definition) is 9. The summed E-state index contributed by atoms with van der Waals surface area (Å²) < 4.78 is 7.61. The molecule has 2 aromatic heterocycles. The lowest BCUT2D eigenvalue weighted by Crippen LogP contribution is -2.46. The Morgan fingerprint density at radius 2 is 1.58 bits per heavy atom. The third-order valence-corrected chi connectivity index (χ3v) is 8.68. The third-order valence-electron chi connectivity index (χ3n) is 8.68. The largest absolute Gasteiger partial charge is 0.394 e. The van der Waals surface area contributed by atoms with Crippen molar-refractivity contribution in [2.75, 3.05) is 11.9 Å². The Morgan fingerprint density at radius 3 is 2.38 bits per heavy atom. The molecule has 1 aliphatic rings. The molecule has 6 aromatic rings. The molecule has 1 aliphatic heterocycles. The molecule has 4 atom stereocenters. The Hall–Kier alpha value is -5.49. The fraction of sp³-hybridized carbons (Fsp3) is 0.216. The van der Waals surface area contributed by atoms with Gasteiger partial charge in [0, 0.05) is 24.9 Å². The molecule has 11 nitrogen and oxygen atoms in total. The van der Waals surface area contributed by atoms with Crippen LogP contribution in [0.4, 0.5) is 5.82 Å². The summed E-state index contributed by atoms with van der Waals surface area (Å²) in [5, 5.41) is 29.4. The fourth-order valence-electron chi connectivity index (χ4n) is 6.10. The van der Waals surface area contributed by atoms with Crippen LogP contribution < -0.4 is 10.6 Å². The first-order chi connectivity index (χ1) is 23.5. The van der Waals surface area contributed by atoms with Gasteiger partial charge in [0.1, 0.15) is 24.6 Å². The Morgan fingerprint density at radius 1 is 0.833 bits per heavy atom. The first-order valence-electron chi connectivity index (χ1n) is 15.8. The highest BCUT2D eigenvalue weighted by atomic mass is 16.5. The van der Waals surface area contributed by atoms with Gasteiger partial charge in [-0.25, -0.2) is 15.0 Å². The number of ketones is 1. The minimum Gasteiger partial charge on any atom is -0.394 e. The second-order valence-corrected chi connectivity index (χ2v) is 11.8. The number of amides is 1. The number of aliphatic hydroxyl groups excluding tert-OH is 2. The van der Waals surface area contributed by atoms with Gasteiger partial charge in [0.15, 0.2) is 29.0 Å². The maximum atomic E-state index is 13.1. The number of aliphatic hydroxyl groups is 2. The second kappa shape index (κ2) is 13.7. The van der Waals surface area contributed by atoms with Crippen molar-refractivity contribution in [1.82, 2.24) is 24.8 Å². The van der Waals surface area contributed by atoms with E-state index in [9.17, 15) is 19.8 Å². The van der Waals surface area contributed by atoms with Gasteiger partial charge in [-0.1, -0.05) is 91.0 Å². The van der Waals surface area contributed by atoms with Crippen LogP contribution in [0.2, 0.25) is 0 Å². The molecule has 11 heteroatoms. The molecule has 4 N–H and O–H groups in total. The molecule has 242 valence electrons. The van der Waals surface area contributed by atoms with Gasteiger partial charge in [-0.15, -0.1) is 0 Å². The van der Waals surface area contributed by atoms with Crippen molar-refractivity contribution in [1.29, 1.82) is 0 Å². The molecule has 1 amide bonds. The Balaban J connectivity index is 1.03. The van der Waals surface area contributed by atoms with Gasteiger partial charge in [-0.05, 0) is 33.5 Å². The van der Waals surface area contributed by atoms with E-state index in [1.54, 1.807) is 16.7 Å². The van der Waals surface area contributed by atoms with Crippen molar-refractivity contribution in [2.45, 2.75) is 43.9 Å². The van der Waals surface area contributed by atoms with Crippen molar-refractivity contribution < 1.29 is 24.5 Å². The molecule has 7 rings (SSSR count). The number of aromatic nitrogens is 4. The molecule has 0 aliphatic carbocycles. The predicted molar refractivity (Wildman–Crippen MR) is 181 cm³/mol. The number of rotatable bonds is 11. The van der Waals surface area contributed by atoms with Gasteiger partial charge in [0.25, 0.3) is 0 Å². The van der Waals surface area contributed by atoms with E-state index >= 15 is 0 Å². The van der Waals surface area contributed by atoms with Gasteiger partial charge in [0.05, 0.1) is 12.9 Å². The van der Waals surface area contributed by atoms with E-state index in [1.165, 1.54) is 12.7 Å². The number of carbonyl (C=O) groups is 2. The van der Waals surface area contributed by atoms with Gasteiger partial charge in [-0.3, -0.25) is 14.2 Å². The number of benzene rings is 4. The summed E-state index contributed by atoms with van der Waals surface area (Å²) in [6.45, 7) is 0.0469. The van der Waals surface area contributed by atoms with Crippen LogP contribution >= 0.6 is 0 Å². The Bertz CT molecular complexity index is 2070. The van der Waals surface area contributed by atoms with Gasteiger partial charge < -0.3 is 25.6 Å². The molecule has 48 heavy (non-hydrogen) atoms. The highest BCUT2D eigenvalue weighted by Gasteiger charge is 2.45. The summed E-state index contributed by atoms with van der Waals surface area (Å²) in [4.78, 5) is 39.3. The lowest BCUT2D eigenvalue weighted by atomic mass is 10.0. The average Bonchev–Trinajstić information content (AvgIpc) is 3.70. The van der Waals surface area contributed by atoms with Crippen molar-refractivity contribution in [3.8, 4) is 11.1 Å². The van der Waals surface area contributed by atoms with Crippen molar-refractivity contribution in [3.05, 3.63) is 121 Å². The zero-order valence-electron chi connectivity index (χ0n) is 25.9. The van der Waals surface area contributed by atoms with E-state index < -0.39 is 37.0 Å². The van der Waals surface area contributed by atoms with Crippen LogP contribution in [0.1, 0.15) is 35.0 Å². The summed E-state index contributed by atoms with van der Waals surface area (Å²) in [6.07, 6.45) is -0.264. The molecular formula is C37H34N6O5. The van der Waals surface area contributed by atoms with Crippen LogP contribution in [0.5, 0.6) is 0 Å². The van der Waals surface area contributed by atoms with Crippen molar-refractivity contribution in [2.24, 2.45) is 0 Å². The SMILES string of the molecule is O=C(CCC(=O)c1ccc(-c2ccccc2)cc1)N[C@@H]1[C@H](O)[C@@H](CO)O[C@H]1n1cnc2c(NCc3ccc4ccccc4c3)ncnc21. The summed E-state index contributed by atoms with van der Waals surface area (Å²) in [5.41, 5.74) is 4.54. The molecule has 0 bridgehead atoms. The second-order valence-electron chi connectivity index (χ2n) is 11.8. The van der Waals surface area contributed by atoms with E-state index in [2.05, 4.69) is 55.9 Å². The van der Waals surface area contributed by atoms with Gasteiger partial charge >= 0.3 is 0 Å². The van der Waals surface area contributed by atoms with Crippen LogP contribution in [0.15, 0.2) is 110 Å². The molecule has 1 saturated heterocycles. The number of fused-ring (bicyclic) bond motifs is 2. The minimum atomic E-state index is -1.21. The number of imidazole rings is 1. The summed E-state index contributed by atoms with van der Waals surface area (Å²) in [5.74, 6) is -0.0869. The Labute approximate surface area is 276 Å². The monoisotopic (exact) mass is 642 g/mol. The zero-order valence-corrected chi connectivity index (χ0v) is 25.9. The van der Waals surface area contributed by atoms with Crippen LogP contribution in [0, 0.1) is 0 Å². The van der Waals surface area contributed by atoms with Crippen LogP contribution in [0.3, 0.4) is 0 Å². The van der Waals surface area contributed by atoms with Crippen molar-refractivity contribution in [3.63, 3.8) is 0 Å². The normalized spacial score (nSPS) is 19.0. The van der Waals surface area contributed by atoms with Crippen LogP contribution in [-0.4, -0.2) is 66.3 Å². The quantitative estimate of drug-likeness (QED) is 0.148.